The summed E-state index contributed by atoms with van der Waals surface area (Å²) in [5, 5.41) is 3.18. The van der Waals surface area contributed by atoms with Gasteiger partial charge in [0.15, 0.2) is 0 Å². The molecule has 0 aliphatic rings. The normalized spacial score (nSPS) is 15.2. The lowest BCUT2D eigenvalue weighted by atomic mass is 10.5. The first kappa shape index (κ1) is 16.4. The molecule has 0 amide bonds. The van der Waals surface area contributed by atoms with E-state index in [1.165, 1.54) is 0 Å². The largest absolute Gasteiger partial charge is 0.326 e. The third-order valence-electron chi connectivity index (χ3n) is 1.59. The first-order valence-corrected chi connectivity index (χ1v) is 10.1. The fourth-order valence-electron chi connectivity index (χ4n) is 0.840. The van der Waals surface area contributed by atoms with Gasteiger partial charge in [-0.2, -0.15) is 0 Å². The minimum absolute atomic E-state index is 0.725. The average Bonchev–Trinajstić information content (AvgIpc) is 2.30. The summed E-state index contributed by atoms with van der Waals surface area (Å²) in [6.07, 6.45) is 4.90. The molecule has 6 heteroatoms. The second kappa shape index (κ2) is 10.6. The van der Waals surface area contributed by atoms with Crippen molar-refractivity contribution >= 4 is 35.1 Å². The van der Waals surface area contributed by atoms with E-state index in [0.29, 0.717) is 0 Å². The van der Waals surface area contributed by atoms with Gasteiger partial charge in [0.2, 0.25) is 5.62 Å². The molecule has 1 N–H and O–H groups in total. The summed E-state index contributed by atoms with van der Waals surface area (Å²) in [6, 6.07) is 0. The van der Waals surface area contributed by atoms with E-state index in [9.17, 15) is 0 Å². The number of nitrogens with one attached hydrogen (secondary N) is 1. The van der Waals surface area contributed by atoms with Crippen LogP contribution in [0.15, 0.2) is 4.99 Å². The van der Waals surface area contributed by atoms with Crippen molar-refractivity contribution < 1.29 is 4.52 Å². The third-order valence-corrected chi connectivity index (χ3v) is 7.26. The molecule has 0 aliphatic heterocycles. The van der Waals surface area contributed by atoms with E-state index in [1.807, 2.05) is 0 Å². The van der Waals surface area contributed by atoms with Gasteiger partial charge in [-0.1, -0.05) is 32.2 Å². The van der Waals surface area contributed by atoms with Crippen LogP contribution in [0, 0.1) is 0 Å². The minimum Gasteiger partial charge on any atom is -0.326 e. The maximum absolute atomic E-state index is 5.75. The molecule has 0 saturated heterocycles. The van der Waals surface area contributed by atoms with Crippen LogP contribution < -0.4 is 5.09 Å². The van der Waals surface area contributed by atoms with Gasteiger partial charge in [0.05, 0.1) is 12.9 Å². The summed E-state index contributed by atoms with van der Waals surface area (Å²) in [6.45, 7) is 7.91. The maximum Gasteiger partial charge on any atom is 0.211 e. The highest BCUT2D eigenvalue weighted by Crippen LogP contribution is 2.55. The highest BCUT2D eigenvalue weighted by atomic mass is 32.9. The molecule has 0 spiro atoms. The molecule has 0 heterocycles. The molecule has 0 fully saturated rings. The van der Waals surface area contributed by atoms with E-state index in [1.54, 1.807) is 17.7 Å². The van der Waals surface area contributed by atoms with Gasteiger partial charge in [-0.15, -0.1) is 0 Å². The Morgan fingerprint density at radius 1 is 1.31 bits per heavy atom. The SMILES string of the molecule is CCCN=CNP(=S)(OCCC)SCCC. The van der Waals surface area contributed by atoms with Gasteiger partial charge in [0.25, 0.3) is 0 Å². The van der Waals surface area contributed by atoms with Crippen molar-refractivity contribution in [3.63, 3.8) is 0 Å². The zero-order chi connectivity index (χ0) is 12.3. The molecule has 16 heavy (non-hydrogen) atoms. The van der Waals surface area contributed by atoms with Gasteiger partial charge in [0, 0.05) is 12.3 Å². The van der Waals surface area contributed by atoms with Crippen LogP contribution in [0.25, 0.3) is 0 Å². The van der Waals surface area contributed by atoms with Crippen LogP contribution in [0.2, 0.25) is 0 Å². The molecule has 0 saturated carbocycles. The van der Waals surface area contributed by atoms with Crippen molar-refractivity contribution in [2.45, 2.75) is 40.0 Å². The molecule has 0 aromatic carbocycles. The summed E-state index contributed by atoms with van der Waals surface area (Å²) in [7, 11) is 0. The summed E-state index contributed by atoms with van der Waals surface area (Å²) >= 11 is 7.26. The molecule has 3 nitrogen and oxygen atoms in total. The van der Waals surface area contributed by atoms with E-state index in [0.717, 1.165) is 38.2 Å². The molecule has 0 radical (unpaired) electrons. The van der Waals surface area contributed by atoms with Crippen molar-refractivity contribution in [1.29, 1.82) is 0 Å². The zero-order valence-corrected chi connectivity index (χ0v) is 13.0. The Kier molecular flexibility index (Phi) is 10.9. The van der Waals surface area contributed by atoms with Crippen LogP contribution in [0.3, 0.4) is 0 Å². The smallest absolute Gasteiger partial charge is 0.211 e. The lowest BCUT2D eigenvalue weighted by Crippen LogP contribution is -2.09. The Morgan fingerprint density at radius 3 is 2.62 bits per heavy atom. The molecule has 0 aromatic rings. The van der Waals surface area contributed by atoms with Gasteiger partial charge < -0.3 is 9.61 Å². The minimum atomic E-state index is -1.94. The van der Waals surface area contributed by atoms with Crippen molar-refractivity contribution in [2.24, 2.45) is 4.99 Å². The Morgan fingerprint density at radius 2 is 2.06 bits per heavy atom. The Bertz CT molecular complexity index is 225. The first-order chi connectivity index (χ1) is 7.68. The number of rotatable bonds is 10. The van der Waals surface area contributed by atoms with Crippen molar-refractivity contribution in [1.82, 2.24) is 5.09 Å². The van der Waals surface area contributed by atoms with Gasteiger partial charge in [-0.3, -0.25) is 4.99 Å². The summed E-state index contributed by atoms with van der Waals surface area (Å²) < 4.78 is 5.75. The van der Waals surface area contributed by atoms with Crippen LogP contribution in [0.5, 0.6) is 0 Å². The Balaban J connectivity index is 4.12. The van der Waals surface area contributed by atoms with E-state index < -0.39 is 5.62 Å². The Labute approximate surface area is 109 Å². The van der Waals surface area contributed by atoms with E-state index in [-0.39, 0.29) is 0 Å². The number of hydrogen-bond donors (Lipinski definition) is 1. The van der Waals surface area contributed by atoms with E-state index >= 15 is 0 Å². The van der Waals surface area contributed by atoms with Crippen molar-refractivity contribution in [3.05, 3.63) is 0 Å². The topological polar surface area (TPSA) is 33.6 Å². The summed E-state index contributed by atoms with van der Waals surface area (Å²) in [4.78, 5) is 4.22. The van der Waals surface area contributed by atoms with Gasteiger partial charge in [-0.05, 0) is 31.1 Å². The quantitative estimate of drug-likeness (QED) is 0.375. The average molecular weight is 282 g/mol. The zero-order valence-electron chi connectivity index (χ0n) is 10.4. The molecule has 1 unspecified atom stereocenters. The maximum atomic E-state index is 5.75. The Hall–Kier alpha value is 0.430. The van der Waals surface area contributed by atoms with Crippen LogP contribution in [-0.2, 0) is 16.3 Å². The van der Waals surface area contributed by atoms with Crippen LogP contribution >= 0.6 is 17.0 Å². The molecule has 96 valence electrons. The monoisotopic (exact) mass is 282 g/mol. The highest BCUT2D eigenvalue weighted by molar-refractivity contribution is 8.68. The number of hydrogen-bond acceptors (Lipinski definition) is 4. The van der Waals surface area contributed by atoms with Gasteiger partial charge >= 0.3 is 0 Å². The summed E-state index contributed by atoms with van der Waals surface area (Å²) in [5.41, 5.74) is -1.94. The van der Waals surface area contributed by atoms with Gasteiger partial charge in [0.1, 0.15) is 0 Å². The highest BCUT2D eigenvalue weighted by Gasteiger charge is 2.15. The third kappa shape index (κ3) is 8.57. The molecule has 0 aromatic heterocycles. The van der Waals surface area contributed by atoms with E-state index in [2.05, 4.69) is 30.9 Å². The van der Waals surface area contributed by atoms with Gasteiger partial charge in [-0.25, -0.2) is 0 Å². The predicted molar refractivity (Wildman–Crippen MR) is 80.1 cm³/mol. The van der Waals surface area contributed by atoms with Crippen molar-refractivity contribution in [3.8, 4) is 0 Å². The lowest BCUT2D eigenvalue weighted by molar-refractivity contribution is 0.356. The standard InChI is InChI=1S/C10H23N2OPS2/c1-4-7-11-10-12-14(15,13-8-5-2)16-9-6-3/h10H,4-9H2,1-3H3,(H,11,12,15). The molecule has 0 aliphatic carbocycles. The van der Waals surface area contributed by atoms with Crippen molar-refractivity contribution in [2.75, 3.05) is 18.9 Å². The predicted octanol–water partition coefficient (Wildman–Crippen LogP) is 3.81. The van der Waals surface area contributed by atoms with E-state index in [4.69, 9.17) is 16.3 Å². The molecule has 1 atom stereocenters. The fraction of sp³-hybridized carbons (Fsp3) is 0.900. The van der Waals surface area contributed by atoms with Crippen LogP contribution in [-0.4, -0.2) is 25.2 Å². The van der Waals surface area contributed by atoms with Crippen LogP contribution in [0.1, 0.15) is 40.0 Å². The fourth-order valence-corrected chi connectivity index (χ4v) is 5.25. The first-order valence-electron chi connectivity index (χ1n) is 5.83. The molecular weight excluding hydrogens is 259 g/mol. The second-order valence-corrected chi connectivity index (χ2v) is 10.1. The second-order valence-electron chi connectivity index (χ2n) is 3.33. The lowest BCUT2D eigenvalue weighted by Gasteiger charge is -2.20. The molecule has 0 rings (SSSR count). The molecule has 0 bridgehead atoms. The molecular formula is C10H23N2OPS2. The van der Waals surface area contributed by atoms with Crippen LogP contribution in [0.4, 0.5) is 0 Å². The number of aliphatic imine (C=N–C) groups is 1. The summed E-state index contributed by atoms with van der Waals surface area (Å²) in [5.74, 6) is 1.04. The number of nitrogens with zero attached hydrogens (tertiary/aromatic N) is 1.